The highest BCUT2D eigenvalue weighted by atomic mass is 32.2. The summed E-state index contributed by atoms with van der Waals surface area (Å²) in [5.74, 6) is 0. The van der Waals surface area contributed by atoms with Crippen LogP contribution in [-0.2, 0) is 16.3 Å². The Labute approximate surface area is 198 Å². The molecule has 0 N–H and O–H groups in total. The van der Waals surface area contributed by atoms with Crippen LogP contribution >= 0.6 is 11.3 Å². The van der Waals surface area contributed by atoms with Gasteiger partial charge in [-0.25, -0.2) is 13.4 Å². The lowest BCUT2D eigenvalue weighted by Crippen LogP contribution is -2.39. The second-order valence-corrected chi connectivity index (χ2v) is 11.7. The quantitative estimate of drug-likeness (QED) is 0.360. The van der Waals surface area contributed by atoms with Gasteiger partial charge in [0.2, 0.25) is 0 Å². The lowest BCUT2D eigenvalue weighted by molar-refractivity contribution is -0.385. The number of anilines is 1. The van der Waals surface area contributed by atoms with Crippen LogP contribution in [0.3, 0.4) is 0 Å². The van der Waals surface area contributed by atoms with Gasteiger partial charge in [0, 0.05) is 37.0 Å². The van der Waals surface area contributed by atoms with Gasteiger partial charge in [0.15, 0.2) is 15.0 Å². The lowest BCUT2D eigenvalue weighted by atomic mass is 9.96. The topological polar surface area (TPSA) is 93.4 Å². The van der Waals surface area contributed by atoms with Crippen LogP contribution in [0.5, 0.6) is 0 Å². The molecule has 0 atom stereocenters. The minimum atomic E-state index is -3.62. The molecule has 1 saturated heterocycles. The molecule has 174 valence electrons. The zero-order valence-electron chi connectivity index (χ0n) is 18.9. The number of non-ortho nitro benzene ring substituents is 1. The molecule has 0 amide bonds. The number of sulfone groups is 1. The lowest BCUT2D eigenvalue weighted by Gasteiger charge is -2.31. The van der Waals surface area contributed by atoms with E-state index in [0.717, 1.165) is 23.3 Å². The zero-order chi connectivity index (χ0) is 23.8. The van der Waals surface area contributed by atoms with Crippen LogP contribution in [0, 0.1) is 30.9 Å². The average molecular weight is 486 g/mol. The Morgan fingerprint density at radius 2 is 1.79 bits per heavy atom. The predicted octanol–water partition coefficient (Wildman–Crippen LogP) is 5.01. The summed E-state index contributed by atoms with van der Waals surface area (Å²) in [6.45, 7) is 7.56. The van der Waals surface area contributed by atoms with Crippen LogP contribution < -0.4 is 4.90 Å². The van der Waals surface area contributed by atoms with Gasteiger partial charge in [-0.1, -0.05) is 23.8 Å². The third kappa shape index (κ3) is 4.94. The highest BCUT2D eigenvalue weighted by Gasteiger charge is 2.33. The number of aryl methyl sites for hydroxylation is 3. The Kier molecular flexibility index (Phi) is 6.54. The molecule has 4 rings (SSSR count). The number of nitro benzene ring substituents is 1. The first kappa shape index (κ1) is 23.4. The van der Waals surface area contributed by atoms with Gasteiger partial charge in [0.25, 0.3) is 5.69 Å². The van der Waals surface area contributed by atoms with E-state index in [-0.39, 0.29) is 10.6 Å². The first-order chi connectivity index (χ1) is 15.6. The van der Waals surface area contributed by atoms with Gasteiger partial charge < -0.3 is 4.90 Å². The van der Waals surface area contributed by atoms with Gasteiger partial charge in [-0.3, -0.25) is 10.1 Å². The van der Waals surface area contributed by atoms with E-state index in [1.807, 2.05) is 0 Å². The molecule has 0 aliphatic carbocycles. The molecule has 2 aromatic carbocycles. The molecular formula is C24H27N3O4S2. The van der Waals surface area contributed by atoms with Crippen molar-refractivity contribution in [3.8, 4) is 0 Å². The average Bonchev–Trinajstić information content (AvgIpc) is 3.25. The molecule has 7 nitrogen and oxygen atoms in total. The molecule has 0 unspecified atom stereocenters. The van der Waals surface area contributed by atoms with Crippen LogP contribution in [0.15, 0.2) is 46.7 Å². The van der Waals surface area contributed by atoms with Crippen LogP contribution in [0.4, 0.5) is 10.8 Å². The summed E-state index contributed by atoms with van der Waals surface area (Å²) in [5, 5.41) is 13.5. The molecule has 1 fully saturated rings. The maximum atomic E-state index is 13.0. The maximum absolute atomic E-state index is 13.0. The highest BCUT2D eigenvalue weighted by molar-refractivity contribution is 7.92. The van der Waals surface area contributed by atoms with Crippen molar-refractivity contribution in [3.05, 3.63) is 79.8 Å². The molecule has 0 saturated carbocycles. The monoisotopic (exact) mass is 485 g/mol. The molecule has 33 heavy (non-hydrogen) atoms. The van der Waals surface area contributed by atoms with Crippen LogP contribution in [0.2, 0.25) is 0 Å². The first-order valence-corrected chi connectivity index (χ1v) is 13.3. The summed E-state index contributed by atoms with van der Waals surface area (Å²) in [7, 11) is -3.62. The molecule has 0 radical (unpaired) electrons. The third-order valence-electron chi connectivity index (χ3n) is 6.25. The number of aromatic nitrogens is 1. The number of thiazole rings is 1. The predicted molar refractivity (Wildman–Crippen MR) is 131 cm³/mol. The van der Waals surface area contributed by atoms with Crippen molar-refractivity contribution in [2.75, 3.05) is 18.0 Å². The second-order valence-electron chi connectivity index (χ2n) is 8.66. The Bertz CT molecular complexity index is 1270. The van der Waals surface area contributed by atoms with Crippen molar-refractivity contribution in [2.45, 2.75) is 50.2 Å². The van der Waals surface area contributed by atoms with E-state index in [2.05, 4.69) is 43.2 Å². The molecule has 3 aromatic rings. The molecule has 1 aromatic heterocycles. The molecule has 9 heteroatoms. The normalized spacial score (nSPS) is 15.1. The highest BCUT2D eigenvalue weighted by Crippen LogP contribution is 2.31. The van der Waals surface area contributed by atoms with E-state index in [4.69, 9.17) is 4.98 Å². The van der Waals surface area contributed by atoms with Crippen molar-refractivity contribution in [1.29, 1.82) is 0 Å². The van der Waals surface area contributed by atoms with E-state index in [1.165, 1.54) is 40.5 Å². The van der Waals surface area contributed by atoms with Crippen molar-refractivity contribution in [1.82, 2.24) is 4.98 Å². The largest absolute Gasteiger partial charge is 0.348 e. The first-order valence-electron chi connectivity index (χ1n) is 10.9. The van der Waals surface area contributed by atoms with Crippen LogP contribution in [-0.4, -0.2) is 36.7 Å². The number of benzene rings is 2. The van der Waals surface area contributed by atoms with E-state index in [1.54, 1.807) is 11.3 Å². The second kappa shape index (κ2) is 9.23. The number of piperidine rings is 1. The SMILES string of the molecule is Cc1cc(C)c(Cc2csc(N3CCC(S(=O)(=O)c4cccc([N+](=O)[O-])c4)CC3)n2)c(C)c1. The van der Waals surface area contributed by atoms with Crippen molar-refractivity contribution in [3.63, 3.8) is 0 Å². The summed E-state index contributed by atoms with van der Waals surface area (Å²) < 4.78 is 26.1. The van der Waals surface area contributed by atoms with Gasteiger partial charge in [0.05, 0.1) is 20.8 Å². The van der Waals surface area contributed by atoms with Crippen molar-refractivity contribution in [2.24, 2.45) is 0 Å². The van der Waals surface area contributed by atoms with Gasteiger partial charge in [0.1, 0.15) is 0 Å². The van der Waals surface area contributed by atoms with Crippen molar-refractivity contribution < 1.29 is 13.3 Å². The number of nitrogens with zero attached hydrogens (tertiary/aromatic N) is 3. The fourth-order valence-electron chi connectivity index (χ4n) is 4.52. The molecule has 1 aliphatic heterocycles. The summed E-state index contributed by atoms with van der Waals surface area (Å²) in [4.78, 5) is 17.5. The maximum Gasteiger partial charge on any atom is 0.270 e. The van der Waals surface area contributed by atoms with E-state index < -0.39 is 20.0 Å². The molecule has 0 spiro atoms. The number of hydrogen-bond acceptors (Lipinski definition) is 7. The smallest absolute Gasteiger partial charge is 0.270 e. The van der Waals surface area contributed by atoms with Gasteiger partial charge >= 0.3 is 0 Å². The summed E-state index contributed by atoms with van der Waals surface area (Å²) >= 11 is 1.59. The number of rotatable bonds is 6. The van der Waals surface area contributed by atoms with E-state index in [9.17, 15) is 18.5 Å². The summed E-state index contributed by atoms with van der Waals surface area (Å²) in [6, 6.07) is 9.72. The van der Waals surface area contributed by atoms with Crippen molar-refractivity contribution >= 4 is 32.0 Å². The molecule has 2 heterocycles. The molecule has 0 bridgehead atoms. The standard InChI is InChI=1S/C24H27N3O4S2/c1-16-11-17(2)23(18(3)12-16)13-19-15-32-24(25-19)26-9-7-21(8-10-26)33(30,31)22-6-4-5-20(14-22)27(28)29/h4-6,11-12,14-15,21H,7-10,13H2,1-3H3. The third-order valence-corrected chi connectivity index (χ3v) is 9.46. The van der Waals surface area contributed by atoms with Gasteiger partial charge in [-0.05, 0) is 56.4 Å². The fourth-order valence-corrected chi connectivity index (χ4v) is 7.17. The van der Waals surface area contributed by atoms with Crippen LogP contribution in [0.1, 0.15) is 40.8 Å². The van der Waals surface area contributed by atoms with E-state index in [0.29, 0.717) is 25.9 Å². The number of hydrogen-bond donors (Lipinski definition) is 0. The summed E-state index contributed by atoms with van der Waals surface area (Å²) in [6.07, 6.45) is 1.72. The Morgan fingerprint density at radius 1 is 1.12 bits per heavy atom. The van der Waals surface area contributed by atoms with Gasteiger partial charge in [-0.2, -0.15) is 0 Å². The van der Waals surface area contributed by atoms with Gasteiger partial charge in [-0.15, -0.1) is 11.3 Å². The van der Waals surface area contributed by atoms with Crippen LogP contribution in [0.25, 0.3) is 0 Å². The Balaban J connectivity index is 1.43. The Hall–Kier alpha value is -2.78. The summed E-state index contributed by atoms with van der Waals surface area (Å²) in [5.41, 5.74) is 5.93. The fraction of sp³-hybridized carbons (Fsp3) is 0.375. The minimum absolute atomic E-state index is 0.0236. The Morgan fingerprint density at radius 3 is 2.42 bits per heavy atom. The van der Waals surface area contributed by atoms with E-state index >= 15 is 0 Å². The minimum Gasteiger partial charge on any atom is -0.348 e. The zero-order valence-corrected chi connectivity index (χ0v) is 20.6. The molecular weight excluding hydrogens is 458 g/mol. The molecule has 1 aliphatic rings. The number of nitro groups is 1.